The van der Waals surface area contributed by atoms with Crippen LogP contribution in [0.15, 0.2) is 4.79 Å². The summed E-state index contributed by atoms with van der Waals surface area (Å²) in [5.74, 6) is -0.296. The molecule has 1 amide bonds. The Hall–Kier alpha value is -1.69. The molecule has 0 unspecified atom stereocenters. The summed E-state index contributed by atoms with van der Waals surface area (Å²) in [6.07, 6.45) is 4.05. The number of aryl methyl sites for hydroxylation is 1. The van der Waals surface area contributed by atoms with Gasteiger partial charge in [-0.1, -0.05) is 12.8 Å². The minimum Gasteiger partial charge on any atom is -0.395 e. The molecule has 0 radical (unpaired) electrons. The van der Waals surface area contributed by atoms with Crippen molar-refractivity contribution in [1.82, 2.24) is 15.1 Å². The van der Waals surface area contributed by atoms with Gasteiger partial charge in [-0.05, 0) is 32.3 Å². The first-order chi connectivity index (χ1) is 9.56. The fourth-order valence-electron chi connectivity index (χ4n) is 2.80. The number of carbonyl (C=O) groups excluding carboxylic acids is 1. The highest BCUT2D eigenvalue weighted by Gasteiger charge is 2.29. The van der Waals surface area contributed by atoms with E-state index in [1.807, 2.05) is 0 Å². The SMILES string of the molecule is Cc1n[nH]c(=O)c(C(=O)N(CCO)C2CCCC2)c1C. The third-order valence-corrected chi connectivity index (χ3v) is 4.05. The highest BCUT2D eigenvalue weighted by Crippen LogP contribution is 2.24. The van der Waals surface area contributed by atoms with Gasteiger partial charge in [-0.25, -0.2) is 5.10 Å². The van der Waals surface area contributed by atoms with Crippen molar-refractivity contribution in [2.45, 2.75) is 45.6 Å². The Morgan fingerprint density at radius 3 is 2.65 bits per heavy atom. The zero-order valence-corrected chi connectivity index (χ0v) is 12.0. The van der Waals surface area contributed by atoms with Gasteiger partial charge in [0.25, 0.3) is 11.5 Å². The highest BCUT2D eigenvalue weighted by atomic mass is 16.3. The minimum atomic E-state index is -0.459. The van der Waals surface area contributed by atoms with Crippen LogP contribution in [-0.4, -0.2) is 45.3 Å². The van der Waals surface area contributed by atoms with Crippen molar-refractivity contribution in [2.24, 2.45) is 0 Å². The lowest BCUT2D eigenvalue weighted by atomic mass is 10.1. The second kappa shape index (κ2) is 6.17. The fourth-order valence-corrected chi connectivity index (χ4v) is 2.80. The molecule has 0 saturated heterocycles. The minimum absolute atomic E-state index is 0.0940. The third kappa shape index (κ3) is 2.75. The lowest BCUT2D eigenvalue weighted by Crippen LogP contribution is -2.43. The van der Waals surface area contributed by atoms with Crippen molar-refractivity contribution in [3.05, 3.63) is 27.2 Å². The number of hydrogen-bond donors (Lipinski definition) is 2. The van der Waals surface area contributed by atoms with E-state index in [0.29, 0.717) is 11.3 Å². The summed E-state index contributed by atoms with van der Waals surface area (Å²) in [5, 5.41) is 15.4. The molecule has 2 rings (SSSR count). The fraction of sp³-hybridized carbons (Fsp3) is 0.643. The van der Waals surface area contributed by atoms with Crippen LogP contribution in [0.4, 0.5) is 0 Å². The van der Waals surface area contributed by atoms with Gasteiger partial charge in [-0.15, -0.1) is 0 Å². The molecule has 110 valence electrons. The molecule has 0 spiro atoms. The van der Waals surface area contributed by atoms with E-state index in [0.717, 1.165) is 25.7 Å². The van der Waals surface area contributed by atoms with Crippen molar-refractivity contribution in [2.75, 3.05) is 13.2 Å². The third-order valence-electron chi connectivity index (χ3n) is 4.05. The van der Waals surface area contributed by atoms with E-state index >= 15 is 0 Å². The Bertz CT molecular complexity index is 547. The summed E-state index contributed by atoms with van der Waals surface area (Å²) >= 11 is 0. The van der Waals surface area contributed by atoms with Gasteiger partial charge in [0.2, 0.25) is 0 Å². The van der Waals surface area contributed by atoms with Crippen LogP contribution in [0.2, 0.25) is 0 Å². The molecule has 1 aliphatic carbocycles. The van der Waals surface area contributed by atoms with E-state index in [1.54, 1.807) is 18.7 Å². The zero-order valence-electron chi connectivity index (χ0n) is 12.0. The molecule has 0 aliphatic heterocycles. The molecular formula is C14H21N3O3. The van der Waals surface area contributed by atoms with Gasteiger partial charge < -0.3 is 10.0 Å². The molecule has 0 aromatic carbocycles. The first-order valence-electron chi connectivity index (χ1n) is 7.04. The molecular weight excluding hydrogens is 258 g/mol. The van der Waals surface area contributed by atoms with E-state index in [1.165, 1.54) is 0 Å². The Labute approximate surface area is 117 Å². The van der Waals surface area contributed by atoms with Crippen molar-refractivity contribution >= 4 is 5.91 Å². The maximum absolute atomic E-state index is 12.7. The number of amides is 1. The van der Waals surface area contributed by atoms with Gasteiger partial charge >= 0.3 is 0 Å². The predicted octanol–water partition coefficient (Wildman–Crippen LogP) is 0.764. The summed E-state index contributed by atoms with van der Waals surface area (Å²) in [4.78, 5) is 26.3. The van der Waals surface area contributed by atoms with Crippen molar-refractivity contribution < 1.29 is 9.90 Å². The number of carbonyl (C=O) groups is 1. The van der Waals surface area contributed by atoms with Crippen LogP contribution in [-0.2, 0) is 0 Å². The van der Waals surface area contributed by atoms with Crippen LogP contribution >= 0.6 is 0 Å². The van der Waals surface area contributed by atoms with Crippen LogP contribution in [0.3, 0.4) is 0 Å². The number of aliphatic hydroxyl groups excluding tert-OH is 1. The van der Waals surface area contributed by atoms with Gasteiger partial charge in [0, 0.05) is 12.6 Å². The normalized spacial score (nSPS) is 15.6. The average molecular weight is 279 g/mol. The second-order valence-electron chi connectivity index (χ2n) is 5.30. The quantitative estimate of drug-likeness (QED) is 0.852. The van der Waals surface area contributed by atoms with Gasteiger partial charge in [-0.3, -0.25) is 9.59 Å². The summed E-state index contributed by atoms with van der Waals surface area (Å²) in [6.45, 7) is 3.66. The van der Waals surface area contributed by atoms with E-state index < -0.39 is 5.56 Å². The lowest BCUT2D eigenvalue weighted by molar-refractivity contribution is 0.0635. The maximum Gasteiger partial charge on any atom is 0.277 e. The number of nitrogens with one attached hydrogen (secondary N) is 1. The summed E-state index contributed by atoms with van der Waals surface area (Å²) < 4.78 is 0. The molecule has 20 heavy (non-hydrogen) atoms. The van der Waals surface area contributed by atoms with E-state index in [-0.39, 0.29) is 30.7 Å². The number of rotatable bonds is 4. The molecule has 6 heteroatoms. The molecule has 6 nitrogen and oxygen atoms in total. The van der Waals surface area contributed by atoms with Crippen LogP contribution in [0, 0.1) is 13.8 Å². The largest absolute Gasteiger partial charge is 0.395 e. The van der Waals surface area contributed by atoms with Crippen LogP contribution in [0.5, 0.6) is 0 Å². The van der Waals surface area contributed by atoms with Crippen molar-refractivity contribution in [3.8, 4) is 0 Å². The number of H-pyrrole nitrogens is 1. The predicted molar refractivity (Wildman–Crippen MR) is 74.7 cm³/mol. The summed E-state index contributed by atoms with van der Waals surface area (Å²) in [6, 6.07) is 0.127. The van der Waals surface area contributed by atoms with Crippen molar-refractivity contribution in [1.29, 1.82) is 0 Å². The topological polar surface area (TPSA) is 86.3 Å². The second-order valence-corrected chi connectivity index (χ2v) is 5.30. The number of aromatic nitrogens is 2. The molecule has 1 aromatic heterocycles. The highest BCUT2D eigenvalue weighted by molar-refractivity contribution is 5.95. The summed E-state index contributed by atoms with van der Waals surface area (Å²) in [7, 11) is 0. The number of aliphatic hydroxyl groups is 1. The first kappa shape index (κ1) is 14.7. The number of aromatic amines is 1. The maximum atomic E-state index is 12.7. The Morgan fingerprint density at radius 2 is 2.05 bits per heavy atom. The van der Waals surface area contributed by atoms with Crippen molar-refractivity contribution in [3.63, 3.8) is 0 Å². The van der Waals surface area contributed by atoms with E-state index in [4.69, 9.17) is 0 Å². The zero-order chi connectivity index (χ0) is 14.7. The molecule has 1 aliphatic rings. The molecule has 2 N–H and O–H groups in total. The van der Waals surface area contributed by atoms with Gasteiger partial charge in [0.1, 0.15) is 5.56 Å². The van der Waals surface area contributed by atoms with Crippen LogP contribution in [0.1, 0.15) is 47.3 Å². The van der Waals surface area contributed by atoms with Gasteiger partial charge in [0.05, 0.1) is 12.3 Å². The lowest BCUT2D eigenvalue weighted by Gasteiger charge is -2.28. The van der Waals surface area contributed by atoms with Gasteiger partial charge in [0.15, 0.2) is 0 Å². The number of nitrogens with zero attached hydrogens (tertiary/aromatic N) is 2. The molecule has 1 fully saturated rings. The molecule has 1 heterocycles. The molecule has 1 aromatic rings. The Balaban J connectivity index is 2.37. The smallest absolute Gasteiger partial charge is 0.277 e. The van der Waals surface area contributed by atoms with E-state index in [9.17, 15) is 14.7 Å². The van der Waals surface area contributed by atoms with Crippen LogP contribution in [0.25, 0.3) is 0 Å². The van der Waals surface area contributed by atoms with Crippen LogP contribution < -0.4 is 5.56 Å². The summed E-state index contributed by atoms with van der Waals surface area (Å²) in [5.41, 5.74) is 0.944. The molecule has 0 bridgehead atoms. The standard InChI is InChI=1S/C14H21N3O3/c1-9-10(2)15-16-13(19)12(9)14(20)17(7-8-18)11-5-3-4-6-11/h11,18H,3-8H2,1-2H3,(H,16,19). The van der Waals surface area contributed by atoms with E-state index in [2.05, 4.69) is 10.2 Å². The molecule has 0 atom stereocenters. The Kier molecular flexibility index (Phi) is 4.54. The number of hydrogen-bond acceptors (Lipinski definition) is 4. The average Bonchev–Trinajstić information content (AvgIpc) is 2.94. The monoisotopic (exact) mass is 279 g/mol. The molecule has 1 saturated carbocycles. The first-order valence-corrected chi connectivity index (χ1v) is 7.04. The van der Waals surface area contributed by atoms with Gasteiger partial charge in [-0.2, -0.15) is 5.10 Å². The Morgan fingerprint density at radius 1 is 1.40 bits per heavy atom.